The Bertz CT molecular complexity index is 1000. The van der Waals surface area contributed by atoms with Crippen LogP contribution in [-0.2, 0) is 9.53 Å². The molecule has 3 N–H and O–H groups in total. The highest BCUT2D eigenvalue weighted by atomic mass is 16.5. The number of nitriles is 1. The molecule has 0 saturated carbocycles. The smallest absolute Gasteiger partial charge is 0.407 e. The van der Waals surface area contributed by atoms with Gasteiger partial charge in [-0.2, -0.15) is 5.26 Å². The molecule has 7 nitrogen and oxygen atoms in total. The van der Waals surface area contributed by atoms with Crippen LogP contribution >= 0.6 is 0 Å². The molecule has 0 bridgehead atoms. The van der Waals surface area contributed by atoms with Gasteiger partial charge in [0.25, 0.3) is 0 Å². The number of nitrogens with zero attached hydrogens (tertiary/aromatic N) is 2. The van der Waals surface area contributed by atoms with Crippen LogP contribution in [0.2, 0.25) is 0 Å². The molecule has 33 heavy (non-hydrogen) atoms. The van der Waals surface area contributed by atoms with Crippen molar-refractivity contribution >= 4 is 12.0 Å². The van der Waals surface area contributed by atoms with Gasteiger partial charge in [0.2, 0.25) is 5.91 Å². The Balaban J connectivity index is 1.17. The van der Waals surface area contributed by atoms with E-state index in [9.17, 15) is 9.59 Å². The van der Waals surface area contributed by atoms with Crippen molar-refractivity contribution in [1.82, 2.24) is 10.2 Å². The minimum Gasteiger partial charge on any atom is -0.449 e. The number of amides is 2. The maximum absolute atomic E-state index is 12.4. The van der Waals surface area contributed by atoms with E-state index in [4.69, 9.17) is 15.7 Å². The molecule has 7 heteroatoms. The number of benzene rings is 2. The molecule has 2 atom stereocenters. The molecular weight excluding hydrogens is 416 g/mol. The first kappa shape index (κ1) is 22.8. The van der Waals surface area contributed by atoms with Crippen molar-refractivity contribution in [2.45, 2.75) is 50.1 Å². The fraction of sp³-hybridized carbons (Fsp3) is 0.423. The summed E-state index contributed by atoms with van der Waals surface area (Å²) in [6.07, 6.45) is 3.07. The Morgan fingerprint density at radius 3 is 2.45 bits per heavy atom. The summed E-state index contributed by atoms with van der Waals surface area (Å²) in [4.78, 5) is 26.3. The molecule has 2 aromatic carbocycles. The number of unbranched alkanes of at least 4 members (excludes halogenated alkanes) is 1. The summed E-state index contributed by atoms with van der Waals surface area (Å²) in [6, 6.07) is 17.7. The Kier molecular flexibility index (Phi) is 7.26. The Labute approximate surface area is 194 Å². The first-order valence-corrected chi connectivity index (χ1v) is 11.6. The number of nitrogens with two attached hydrogens (primary N) is 1. The van der Waals surface area contributed by atoms with Crippen molar-refractivity contribution in [3.8, 4) is 17.2 Å². The van der Waals surface area contributed by atoms with E-state index in [1.54, 1.807) is 4.90 Å². The van der Waals surface area contributed by atoms with Crippen LogP contribution in [-0.4, -0.2) is 48.7 Å². The zero-order valence-electron chi connectivity index (χ0n) is 18.7. The zero-order valence-corrected chi connectivity index (χ0v) is 18.7. The Hall–Kier alpha value is -3.37. The van der Waals surface area contributed by atoms with E-state index in [1.807, 2.05) is 24.3 Å². The number of nitrogens with one attached hydrogen (secondary N) is 1. The number of likely N-dealkylation sites (tertiary alicyclic amines) is 1. The summed E-state index contributed by atoms with van der Waals surface area (Å²) < 4.78 is 5.53. The van der Waals surface area contributed by atoms with Crippen LogP contribution in [0, 0.1) is 11.3 Å². The number of ether oxygens (including phenoxy) is 1. The molecule has 2 aliphatic rings. The van der Waals surface area contributed by atoms with Gasteiger partial charge < -0.3 is 20.7 Å². The van der Waals surface area contributed by atoms with Gasteiger partial charge in [0.05, 0.1) is 12.1 Å². The van der Waals surface area contributed by atoms with Gasteiger partial charge in [-0.1, -0.05) is 48.5 Å². The van der Waals surface area contributed by atoms with Crippen LogP contribution in [0.15, 0.2) is 48.5 Å². The second-order valence-electron chi connectivity index (χ2n) is 8.67. The summed E-state index contributed by atoms with van der Waals surface area (Å²) in [5, 5.41) is 11.9. The quantitative estimate of drug-likeness (QED) is 0.603. The minimum atomic E-state index is -0.603. The third-order valence-corrected chi connectivity index (χ3v) is 6.56. The van der Waals surface area contributed by atoms with Crippen molar-refractivity contribution in [3.05, 3.63) is 59.7 Å². The number of hydrogen-bond acceptors (Lipinski definition) is 5. The van der Waals surface area contributed by atoms with E-state index < -0.39 is 12.1 Å². The van der Waals surface area contributed by atoms with E-state index in [1.165, 1.54) is 22.3 Å². The van der Waals surface area contributed by atoms with Crippen LogP contribution < -0.4 is 11.1 Å². The molecule has 1 unspecified atom stereocenters. The number of hydrogen-bond donors (Lipinski definition) is 2. The second-order valence-corrected chi connectivity index (χ2v) is 8.67. The number of carbonyl (C=O) groups excluding carboxylic acids is 2. The Morgan fingerprint density at radius 2 is 1.79 bits per heavy atom. The maximum atomic E-state index is 12.4. The number of rotatable bonds is 8. The first-order chi connectivity index (χ1) is 16.1. The summed E-state index contributed by atoms with van der Waals surface area (Å²) in [5.41, 5.74) is 10.8. The average Bonchev–Trinajstić information content (AvgIpc) is 3.44. The molecule has 0 spiro atoms. The third-order valence-electron chi connectivity index (χ3n) is 6.56. The lowest BCUT2D eigenvalue weighted by Crippen LogP contribution is -2.45. The second kappa shape index (κ2) is 10.5. The van der Waals surface area contributed by atoms with Gasteiger partial charge in [-0.3, -0.25) is 4.79 Å². The van der Waals surface area contributed by atoms with Gasteiger partial charge in [-0.15, -0.1) is 0 Å². The fourth-order valence-corrected chi connectivity index (χ4v) is 4.83. The molecular formula is C26H30N4O3. The number of carbonyl (C=O) groups is 2. The maximum Gasteiger partial charge on any atom is 0.407 e. The van der Waals surface area contributed by atoms with E-state index in [0.29, 0.717) is 32.4 Å². The summed E-state index contributed by atoms with van der Waals surface area (Å²) in [6.45, 7) is 1.35. The van der Waals surface area contributed by atoms with Gasteiger partial charge in [0.15, 0.2) is 0 Å². The molecule has 0 radical (unpaired) electrons. The summed E-state index contributed by atoms with van der Waals surface area (Å²) in [5.74, 6) is -0.112. The lowest BCUT2D eigenvalue weighted by atomic mass is 9.98. The predicted octanol–water partition coefficient (Wildman–Crippen LogP) is 3.54. The first-order valence-electron chi connectivity index (χ1n) is 11.6. The van der Waals surface area contributed by atoms with Gasteiger partial charge in [-0.05, 0) is 54.4 Å². The molecule has 1 heterocycles. The lowest BCUT2D eigenvalue weighted by molar-refractivity contribution is -0.132. The molecule has 1 aliphatic heterocycles. The highest BCUT2D eigenvalue weighted by Crippen LogP contribution is 2.44. The number of alkyl carbamates (subject to hydrolysis) is 1. The summed E-state index contributed by atoms with van der Waals surface area (Å²) in [7, 11) is 0. The van der Waals surface area contributed by atoms with Gasteiger partial charge in [0.1, 0.15) is 12.6 Å². The van der Waals surface area contributed by atoms with Crippen molar-refractivity contribution in [2.75, 3.05) is 19.7 Å². The van der Waals surface area contributed by atoms with Crippen LogP contribution in [0.3, 0.4) is 0 Å². The van der Waals surface area contributed by atoms with E-state index >= 15 is 0 Å². The molecule has 1 aliphatic carbocycles. The normalized spacial score (nSPS) is 17.7. The van der Waals surface area contributed by atoms with Crippen LogP contribution in [0.5, 0.6) is 0 Å². The van der Waals surface area contributed by atoms with E-state index in [0.717, 1.165) is 12.8 Å². The predicted molar refractivity (Wildman–Crippen MR) is 125 cm³/mol. The number of fused-ring (bicyclic) bond motifs is 3. The molecule has 4 rings (SSSR count). The minimum absolute atomic E-state index is 0.0370. The molecule has 0 aromatic heterocycles. The van der Waals surface area contributed by atoms with E-state index in [-0.39, 0.29) is 24.5 Å². The monoisotopic (exact) mass is 446 g/mol. The Morgan fingerprint density at radius 1 is 1.12 bits per heavy atom. The highest BCUT2D eigenvalue weighted by molar-refractivity contribution is 5.82. The molecule has 172 valence electrons. The third kappa shape index (κ3) is 5.01. The van der Waals surface area contributed by atoms with Crippen molar-refractivity contribution < 1.29 is 14.3 Å². The molecule has 2 amide bonds. The SMILES string of the molecule is N#C[C@H]1CCCN1C(=O)C(N)CCCCNC(=O)OCC1c2ccccc2-c2ccccc21. The van der Waals surface area contributed by atoms with Crippen LogP contribution in [0.25, 0.3) is 11.1 Å². The van der Waals surface area contributed by atoms with Gasteiger partial charge in [-0.25, -0.2) is 4.79 Å². The highest BCUT2D eigenvalue weighted by Gasteiger charge is 2.31. The van der Waals surface area contributed by atoms with Gasteiger partial charge in [0, 0.05) is 19.0 Å². The van der Waals surface area contributed by atoms with Crippen molar-refractivity contribution in [2.24, 2.45) is 5.73 Å². The largest absolute Gasteiger partial charge is 0.449 e. The molecule has 1 saturated heterocycles. The van der Waals surface area contributed by atoms with E-state index in [2.05, 4.69) is 35.7 Å². The molecule has 2 aromatic rings. The van der Waals surface area contributed by atoms with Gasteiger partial charge >= 0.3 is 6.09 Å². The standard InChI is InChI=1S/C26H30N4O3/c27-16-18-8-7-15-30(18)25(31)24(28)13-5-6-14-29-26(32)33-17-23-21-11-3-1-9-19(21)20-10-2-4-12-22(20)23/h1-4,9-12,18,23-24H,5-8,13-15,17,28H2,(H,29,32)/t18-,24?/m1/s1. The van der Waals surface area contributed by atoms with Crippen LogP contribution in [0.1, 0.15) is 49.1 Å². The van der Waals surface area contributed by atoms with Crippen molar-refractivity contribution in [3.63, 3.8) is 0 Å². The average molecular weight is 447 g/mol. The summed E-state index contributed by atoms with van der Waals surface area (Å²) >= 11 is 0. The lowest BCUT2D eigenvalue weighted by Gasteiger charge is -2.23. The zero-order chi connectivity index (χ0) is 23.2. The molecule has 1 fully saturated rings. The fourth-order valence-electron chi connectivity index (χ4n) is 4.83. The topological polar surface area (TPSA) is 108 Å². The van der Waals surface area contributed by atoms with Crippen molar-refractivity contribution in [1.29, 1.82) is 5.26 Å². The van der Waals surface area contributed by atoms with Crippen LogP contribution in [0.4, 0.5) is 4.79 Å².